The molecular formula is C17H23NO3. The molecule has 0 radical (unpaired) electrons. The highest BCUT2D eigenvalue weighted by Gasteiger charge is 2.30. The molecule has 1 aliphatic rings. The van der Waals surface area contributed by atoms with E-state index in [0.29, 0.717) is 25.7 Å². The molecule has 2 N–H and O–H groups in total. The maximum absolute atomic E-state index is 12.3. The highest BCUT2D eigenvalue weighted by atomic mass is 16.4. The van der Waals surface area contributed by atoms with Crippen molar-refractivity contribution in [2.24, 2.45) is 11.8 Å². The third-order valence-electron chi connectivity index (χ3n) is 4.38. The van der Waals surface area contributed by atoms with Crippen molar-refractivity contribution in [3.8, 4) is 0 Å². The highest BCUT2D eigenvalue weighted by Crippen LogP contribution is 2.29. The van der Waals surface area contributed by atoms with Crippen molar-refractivity contribution in [3.05, 3.63) is 35.4 Å². The van der Waals surface area contributed by atoms with Crippen LogP contribution in [0.1, 0.15) is 49.8 Å². The Kier molecular flexibility index (Phi) is 4.99. The number of carboxylic acid groups (broad SMARTS) is 1. The number of aryl methyl sites for hydroxylation is 1. The molecule has 1 fully saturated rings. The minimum atomic E-state index is -0.734. The number of hydrogen-bond acceptors (Lipinski definition) is 2. The molecule has 0 bridgehead atoms. The van der Waals surface area contributed by atoms with Gasteiger partial charge < -0.3 is 10.4 Å². The van der Waals surface area contributed by atoms with Gasteiger partial charge in [0, 0.05) is 5.92 Å². The molecule has 2 rings (SSSR count). The Morgan fingerprint density at radius 2 is 1.62 bits per heavy atom. The van der Waals surface area contributed by atoms with Gasteiger partial charge in [-0.05, 0) is 45.1 Å². The van der Waals surface area contributed by atoms with Gasteiger partial charge in [-0.2, -0.15) is 0 Å². The number of carbonyl (C=O) groups is 2. The highest BCUT2D eigenvalue weighted by molar-refractivity contribution is 5.79. The van der Waals surface area contributed by atoms with Crippen LogP contribution in [0.2, 0.25) is 0 Å². The quantitative estimate of drug-likeness (QED) is 0.895. The third kappa shape index (κ3) is 4.06. The third-order valence-corrected chi connectivity index (χ3v) is 4.38. The molecule has 1 aromatic rings. The van der Waals surface area contributed by atoms with Crippen LogP contribution in [0.4, 0.5) is 0 Å². The van der Waals surface area contributed by atoms with Crippen LogP contribution in [0.5, 0.6) is 0 Å². The largest absolute Gasteiger partial charge is 0.481 e. The van der Waals surface area contributed by atoms with E-state index in [1.165, 1.54) is 5.56 Å². The molecule has 0 aliphatic heterocycles. The van der Waals surface area contributed by atoms with Crippen LogP contribution in [0.3, 0.4) is 0 Å². The first kappa shape index (κ1) is 15.5. The Balaban J connectivity index is 1.87. The smallest absolute Gasteiger partial charge is 0.306 e. The van der Waals surface area contributed by atoms with Crippen LogP contribution in [0, 0.1) is 18.8 Å². The first-order chi connectivity index (χ1) is 9.97. The summed E-state index contributed by atoms with van der Waals surface area (Å²) < 4.78 is 0. The van der Waals surface area contributed by atoms with Crippen LogP contribution in [-0.2, 0) is 9.59 Å². The Bertz CT molecular complexity index is 501. The van der Waals surface area contributed by atoms with Gasteiger partial charge in [0.25, 0.3) is 0 Å². The molecule has 0 spiro atoms. The van der Waals surface area contributed by atoms with E-state index in [1.54, 1.807) is 0 Å². The molecule has 21 heavy (non-hydrogen) atoms. The van der Waals surface area contributed by atoms with Crippen LogP contribution in [-0.4, -0.2) is 17.0 Å². The summed E-state index contributed by atoms with van der Waals surface area (Å²) in [4.78, 5) is 23.2. The summed E-state index contributed by atoms with van der Waals surface area (Å²) in [5.74, 6) is -1.01. The average molecular weight is 289 g/mol. The predicted octanol–water partition coefficient (Wildman–Crippen LogP) is 3.06. The topological polar surface area (TPSA) is 66.4 Å². The van der Waals surface area contributed by atoms with E-state index in [9.17, 15) is 9.59 Å². The van der Waals surface area contributed by atoms with E-state index < -0.39 is 5.97 Å². The average Bonchev–Trinajstić information content (AvgIpc) is 2.47. The molecule has 4 heteroatoms. The summed E-state index contributed by atoms with van der Waals surface area (Å²) in [6.07, 6.45) is 2.55. The second-order valence-corrected chi connectivity index (χ2v) is 6.03. The molecule has 1 aromatic carbocycles. The Morgan fingerprint density at radius 1 is 1.10 bits per heavy atom. The standard InChI is InChI=1S/C17H23NO3/c1-11-3-5-13(6-4-11)12(2)18-16(19)14-7-9-15(10-8-14)17(20)21/h3-6,12,14-15H,7-10H2,1-2H3,(H,18,19)(H,20,21). The first-order valence-electron chi connectivity index (χ1n) is 7.57. The number of rotatable bonds is 4. The summed E-state index contributed by atoms with van der Waals surface area (Å²) in [5.41, 5.74) is 2.29. The maximum Gasteiger partial charge on any atom is 0.306 e. The fraction of sp³-hybridized carbons (Fsp3) is 0.529. The fourth-order valence-corrected chi connectivity index (χ4v) is 2.87. The van der Waals surface area contributed by atoms with Crippen molar-refractivity contribution in [2.75, 3.05) is 0 Å². The SMILES string of the molecule is Cc1ccc(C(C)NC(=O)C2CCC(C(=O)O)CC2)cc1. The molecular weight excluding hydrogens is 266 g/mol. The lowest BCUT2D eigenvalue weighted by molar-refractivity contribution is -0.144. The van der Waals surface area contributed by atoms with Gasteiger partial charge in [-0.1, -0.05) is 29.8 Å². The van der Waals surface area contributed by atoms with Crippen molar-refractivity contribution >= 4 is 11.9 Å². The van der Waals surface area contributed by atoms with E-state index in [2.05, 4.69) is 5.32 Å². The number of nitrogens with one attached hydrogen (secondary N) is 1. The van der Waals surface area contributed by atoms with E-state index in [1.807, 2.05) is 38.1 Å². The van der Waals surface area contributed by atoms with Gasteiger partial charge in [0.05, 0.1) is 12.0 Å². The molecule has 0 heterocycles. The monoisotopic (exact) mass is 289 g/mol. The van der Waals surface area contributed by atoms with Crippen molar-refractivity contribution in [2.45, 2.75) is 45.6 Å². The van der Waals surface area contributed by atoms with E-state index in [0.717, 1.165) is 5.56 Å². The van der Waals surface area contributed by atoms with Crippen molar-refractivity contribution in [3.63, 3.8) is 0 Å². The van der Waals surface area contributed by atoms with Crippen molar-refractivity contribution < 1.29 is 14.7 Å². The first-order valence-corrected chi connectivity index (χ1v) is 7.57. The lowest BCUT2D eigenvalue weighted by Crippen LogP contribution is -2.35. The summed E-state index contributed by atoms with van der Waals surface area (Å²) in [6.45, 7) is 4.01. The maximum atomic E-state index is 12.3. The second-order valence-electron chi connectivity index (χ2n) is 6.03. The molecule has 1 aliphatic carbocycles. The molecule has 1 unspecified atom stereocenters. The molecule has 1 amide bonds. The zero-order valence-corrected chi connectivity index (χ0v) is 12.6. The second kappa shape index (κ2) is 6.74. The van der Waals surface area contributed by atoms with Gasteiger partial charge in [0.2, 0.25) is 5.91 Å². The Hall–Kier alpha value is -1.84. The molecule has 0 aromatic heterocycles. The van der Waals surface area contributed by atoms with Gasteiger partial charge >= 0.3 is 5.97 Å². The molecule has 1 saturated carbocycles. The Morgan fingerprint density at radius 3 is 2.14 bits per heavy atom. The van der Waals surface area contributed by atoms with E-state index in [4.69, 9.17) is 5.11 Å². The minimum Gasteiger partial charge on any atom is -0.481 e. The van der Waals surface area contributed by atoms with Gasteiger partial charge in [0.1, 0.15) is 0 Å². The summed E-state index contributed by atoms with van der Waals surface area (Å²) in [5, 5.41) is 12.0. The number of amides is 1. The zero-order valence-electron chi connectivity index (χ0n) is 12.6. The van der Waals surface area contributed by atoms with E-state index in [-0.39, 0.29) is 23.8 Å². The summed E-state index contributed by atoms with van der Waals surface area (Å²) in [6, 6.07) is 8.12. The summed E-state index contributed by atoms with van der Waals surface area (Å²) >= 11 is 0. The van der Waals surface area contributed by atoms with Crippen molar-refractivity contribution in [1.82, 2.24) is 5.32 Å². The van der Waals surface area contributed by atoms with E-state index >= 15 is 0 Å². The molecule has 0 saturated heterocycles. The van der Waals surface area contributed by atoms with Crippen molar-refractivity contribution in [1.29, 1.82) is 0 Å². The van der Waals surface area contributed by atoms with Gasteiger partial charge in [-0.25, -0.2) is 0 Å². The number of aliphatic carboxylic acids is 1. The summed E-state index contributed by atoms with van der Waals surface area (Å²) in [7, 11) is 0. The fourth-order valence-electron chi connectivity index (χ4n) is 2.87. The van der Waals surface area contributed by atoms with Crippen LogP contribution in [0.15, 0.2) is 24.3 Å². The predicted molar refractivity (Wildman–Crippen MR) is 80.8 cm³/mol. The normalized spacial score (nSPS) is 23.3. The van der Waals surface area contributed by atoms with Gasteiger partial charge in [0.15, 0.2) is 0 Å². The number of benzene rings is 1. The van der Waals surface area contributed by atoms with Crippen LogP contribution >= 0.6 is 0 Å². The lowest BCUT2D eigenvalue weighted by atomic mass is 9.81. The minimum absolute atomic E-state index is 0.0182. The van der Waals surface area contributed by atoms with Crippen LogP contribution in [0.25, 0.3) is 0 Å². The molecule has 1 atom stereocenters. The number of carboxylic acids is 1. The molecule has 114 valence electrons. The van der Waals surface area contributed by atoms with Gasteiger partial charge in [-0.15, -0.1) is 0 Å². The number of hydrogen-bond donors (Lipinski definition) is 2. The van der Waals surface area contributed by atoms with Crippen LogP contribution < -0.4 is 5.32 Å². The molecule has 4 nitrogen and oxygen atoms in total. The Labute approximate surface area is 125 Å². The van der Waals surface area contributed by atoms with Gasteiger partial charge in [-0.3, -0.25) is 9.59 Å². The number of carbonyl (C=O) groups excluding carboxylic acids is 1. The zero-order chi connectivity index (χ0) is 15.4. The lowest BCUT2D eigenvalue weighted by Gasteiger charge is -2.26.